The number of nitrogens with one attached hydrogen (secondary N) is 1. The van der Waals surface area contributed by atoms with Crippen LogP contribution in [-0.4, -0.2) is 69.0 Å². The molecule has 13 heteroatoms. The summed E-state index contributed by atoms with van der Waals surface area (Å²) in [5.41, 5.74) is 4.31. The first kappa shape index (κ1) is 23.6. The van der Waals surface area contributed by atoms with Crippen molar-refractivity contribution >= 4 is 52.7 Å². The molecule has 1 saturated heterocycles. The minimum Gasteiger partial charge on any atom is -0.477 e. The molecule has 0 aromatic carbocycles. The van der Waals surface area contributed by atoms with Crippen LogP contribution in [0.2, 0.25) is 0 Å². The third-order valence-electron chi connectivity index (χ3n) is 4.31. The Morgan fingerprint density at radius 2 is 2.09 bits per heavy atom. The number of carbonyl (C=O) groups is 4. The first-order chi connectivity index (χ1) is 15.0. The Hall–Kier alpha value is -3.06. The zero-order chi connectivity index (χ0) is 23.6. The van der Waals surface area contributed by atoms with Gasteiger partial charge >= 0.3 is 12.1 Å². The molecule has 4 N–H and O–H groups in total. The minimum absolute atomic E-state index is 0.0199. The molecule has 11 nitrogen and oxygen atoms in total. The maximum Gasteiger partial charge on any atom is 0.404 e. The molecule has 3 amide bonds. The van der Waals surface area contributed by atoms with Gasteiger partial charge in [0.15, 0.2) is 5.71 Å². The van der Waals surface area contributed by atoms with Crippen molar-refractivity contribution in [3.05, 3.63) is 33.7 Å². The van der Waals surface area contributed by atoms with Crippen LogP contribution in [0, 0.1) is 0 Å². The number of thioether (sulfide) groups is 1. The Kier molecular flexibility index (Phi) is 6.79. The van der Waals surface area contributed by atoms with Gasteiger partial charge in [-0.1, -0.05) is 11.2 Å². The van der Waals surface area contributed by atoms with Gasteiger partial charge in [-0.15, -0.1) is 23.1 Å². The van der Waals surface area contributed by atoms with Crippen LogP contribution in [0.3, 0.4) is 0 Å². The van der Waals surface area contributed by atoms with Crippen molar-refractivity contribution in [2.45, 2.75) is 37.8 Å². The maximum absolute atomic E-state index is 12.9. The van der Waals surface area contributed by atoms with Gasteiger partial charge in [0.2, 0.25) is 0 Å². The highest BCUT2D eigenvalue weighted by Crippen LogP contribution is 2.40. The second-order valence-electron chi connectivity index (χ2n) is 7.85. The van der Waals surface area contributed by atoms with Crippen LogP contribution < -0.4 is 11.1 Å². The zero-order valence-electron chi connectivity index (χ0n) is 17.5. The van der Waals surface area contributed by atoms with Crippen molar-refractivity contribution < 1.29 is 33.9 Å². The predicted molar refractivity (Wildman–Crippen MR) is 117 cm³/mol. The molecule has 172 valence electrons. The molecule has 3 heterocycles. The number of thiophene rings is 1. The monoisotopic (exact) mass is 482 g/mol. The minimum atomic E-state index is -1.34. The number of β-lactam (4-membered cyclic amide) rings is 1. The third kappa shape index (κ3) is 5.05. The van der Waals surface area contributed by atoms with Gasteiger partial charge in [0.25, 0.3) is 11.8 Å². The highest BCUT2D eigenvalue weighted by atomic mass is 32.2. The second kappa shape index (κ2) is 9.20. The number of rotatable bonds is 7. The summed E-state index contributed by atoms with van der Waals surface area (Å²) >= 11 is 2.53. The number of carboxylic acids is 1. The molecule has 0 bridgehead atoms. The SMILES string of the molecule is CC(C)(C)O/N=C(\C(=O)N[C@@H]1C(=O)N2C(C(=O)O)=C(COC(N)=O)CS[C@H]12)c1cccs1. The van der Waals surface area contributed by atoms with E-state index in [9.17, 15) is 24.3 Å². The molecular formula is C19H22N4O7S2. The largest absolute Gasteiger partial charge is 0.477 e. The van der Waals surface area contributed by atoms with Crippen LogP contribution in [0.5, 0.6) is 0 Å². The fourth-order valence-corrected chi connectivity index (χ4v) is 4.99. The lowest BCUT2D eigenvalue weighted by atomic mass is 10.0. The van der Waals surface area contributed by atoms with Gasteiger partial charge in [-0.05, 0) is 32.2 Å². The lowest BCUT2D eigenvalue weighted by Crippen LogP contribution is -2.71. The molecule has 2 atom stereocenters. The van der Waals surface area contributed by atoms with Gasteiger partial charge in [-0.25, -0.2) is 9.59 Å². The van der Waals surface area contributed by atoms with Gasteiger partial charge in [0.1, 0.15) is 29.3 Å². The molecule has 0 spiro atoms. The number of hydrogen-bond acceptors (Lipinski definition) is 9. The van der Waals surface area contributed by atoms with Crippen LogP contribution in [0.4, 0.5) is 4.79 Å². The van der Waals surface area contributed by atoms with Crippen molar-refractivity contribution in [1.82, 2.24) is 10.2 Å². The Morgan fingerprint density at radius 3 is 2.66 bits per heavy atom. The molecule has 0 radical (unpaired) electrons. The summed E-state index contributed by atoms with van der Waals surface area (Å²) in [6.45, 7) is 5.01. The van der Waals surface area contributed by atoms with Crippen LogP contribution in [0.1, 0.15) is 25.6 Å². The van der Waals surface area contributed by atoms with Gasteiger partial charge in [-0.3, -0.25) is 14.5 Å². The van der Waals surface area contributed by atoms with E-state index in [1.54, 1.807) is 38.3 Å². The second-order valence-corrected chi connectivity index (χ2v) is 9.90. The number of nitrogens with two attached hydrogens (primary N) is 1. The summed E-state index contributed by atoms with van der Waals surface area (Å²) in [4.78, 5) is 55.4. The van der Waals surface area contributed by atoms with Gasteiger partial charge in [-0.2, -0.15) is 0 Å². The summed E-state index contributed by atoms with van der Waals surface area (Å²) in [5, 5.41) is 17.4. The number of aliphatic carboxylic acids is 1. The Morgan fingerprint density at radius 1 is 1.38 bits per heavy atom. The normalized spacial score (nSPS) is 20.9. The number of nitrogens with zero attached hydrogens (tertiary/aromatic N) is 2. The molecule has 0 saturated carbocycles. The smallest absolute Gasteiger partial charge is 0.404 e. The number of primary amides is 1. The molecule has 1 fully saturated rings. The average Bonchev–Trinajstić information content (AvgIpc) is 3.23. The third-order valence-corrected chi connectivity index (χ3v) is 6.52. The standard InChI is InChI=1S/C19H22N4O7S2/c1-19(2,3)30-22-11(10-5-4-6-31-10)14(24)21-12-15(25)23-13(17(26)27)9(7-29-18(20)28)8-32-16(12)23/h4-6,12,16H,7-8H2,1-3H3,(H2,20,28)(H,21,24)(H,26,27)/b22-11-/t12-,16-/m1/s1. The molecule has 0 aliphatic carbocycles. The lowest BCUT2D eigenvalue weighted by Gasteiger charge is -2.49. The van der Waals surface area contributed by atoms with Gasteiger partial charge in [0, 0.05) is 11.3 Å². The van der Waals surface area contributed by atoms with Crippen molar-refractivity contribution in [3.8, 4) is 0 Å². The highest BCUT2D eigenvalue weighted by Gasteiger charge is 2.54. The van der Waals surface area contributed by atoms with Crippen LogP contribution >= 0.6 is 23.1 Å². The van der Waals surface area contributed by atoms with E-state index in [2.05, 4.69) is 10.5 Å². The van der Waals surface area contributed by atoms with Crippen molar-refractivity contribution in [2.75, 3.05) is 12.4 Å². The molecule has 1 aromatic heterocycles. The number of fused-ring (bicyclic) bond motifs is 1. The summed E-state index contributed by atoms with van der Waals surface area (Å²) in [6.07, 6.45) is -1.05. The quantitative estimate of drug-likeness (QED) is 0.296. The van der Waals surface area contributed by atoms with Crippen molar-refractivity contribution in [1.29, 1.82) is 0 Å². The van der Waals surface area contributed by atoms with E-state index in [0.717, 1.165) is 4.90 Å². The van der Waals surface area contributed by atoms with Crippen LogP contribution in [0.15, 0.2) is 33.9 Å². The predicted octanol–water partition coefficient (Wildman–Crippen LogP) is 1.10. The topological polar surface area (TPSA) is 161 Å². The summed E-state index contributed by atoms with van der Waals surface area (Å²) in [6, 6.07) is 2.52. The molecule has 2 aliphatic heterocycles. The maximum atomic E-state index is 12.9. The summed E-state index contributed by atoms with van der Waals surface area (Å²) in [7, 11) is 0. The Labute approximate surface area is 191 Å². The Balaban J connectivity index is 1.78. The fraction of sp³-hybridized carbons (Fsp3) is 0.421. The molecule has 2 aliphatic rings. The highest BCUT2D eigenvalue weighted by molar-refractivity contribution is 8.00. The molecule has 0 unspecified atom stereocenters. The molecule has 3 rings (SSSR count). The molecule has 1 aromatic rings. The van der Waals surface area contributed by atoms with E-state index in [4.69, 9.17) is 15.3 Å². The number of ether oxygens (including phenoxy) is 1. The summed E-state index contributed by atoms with van der Waals surface area (Å²) < 4.78 is 4.69. The van der Waals surface area contributed by atoms with E-state index >= 15 is 0 Å². The zero-order valence-corrected chi connectivity index (χ0v) is 19.1. The molecular weight excluding hydrogens is 460 g/mol. The van der Waals surface area contributed by atoms with Crippen LogP contribution in [0.25, 0.3) is 0 Å². The summed E-state index contributed by atoms with van der Waals surface area (Å²) in [5.74, 6) is -2.35. The van der Waals surface area contributed by atoms with E-state index in [-0.39, 0.29) is 29.3 Å². The number of carbonyl (C=O) groups excluding carboxylic acids is 3. The van der Waals surface area contributed by atoms with Gasteiger partial charge in [0.05, 0.1) is 4.88 Å². The number of amides is 3. The van der Waals surface area contributed by atoms with E-state index < -0.39 is 40.9 Å². The van der Waals surface area contributed by atoms with Crippen molar-refractivity contribution in [2.24, 2.45) is 10.9 Å². The Bertz CT molecular complexity index is 998. The lowest BCUT2D eigenvalue weighted by molar-refractivity contribution is -0.150. The first-order valence-corrected chi connectivity index (χ1v) is 11.4. The fourth-order valence-electron chi connectivity index (χ4n) is 2.96. The average molecular weight is 483 g/mol. The van der Waals surface area contributed by atoms with E-state index in [1.807, 2.05) is 0 Å². The number of oxime groups is 1. The first-order valence-electron chi connectivity index (χ1n) is 9.42. The number of carboxylic acid groups (broad SMARTS) is 1. The van der Waals surface area contributed by atoms with E-state index in [1.165, 1.54) is 23.1 Å². The molecule has 32 heavy (non-hydrogen) atoms. The van der Waals surface area contributed by atoms with Crippen LogP contribution in [-0.2, 0) is 24.0 Å². The van der Waals surface area contributed by atoms with Gasteiger partial charge < -0.3 is 25.7 Å². The van der Waals surface area contributed by atoms with E-state index in [0.29, 0.717) is 4.88 Å². The van der Waals surface area contributed by atoms with Crippen molar-refractivity contribution in [3.63, 3.8) is 0 Å². The number of hydrogen-bond donors (Lipinski definition) is 3.